The van der Waals surface area contributed by atoms with Crippen LogP contribution in [0.4, 0.5) is 5.69 Å². The van der Waals surface area contributed by atoms with Gasteiger partial charge in [0.05, 0.1) is 5.92 Å². The second kappa shape index (κ2) is 11.1. The Morgan fingerprint density at radius 1 is 1.03 bits per heavy atom. The molecule has 0 bridgehead atoms. The molecule has 1 heterocycles. The number of nitrogens with zero attached hydrogens (tertiary/aromatic N) is 1. The monoisotopic (exact) mass is 455 g/mol. The van der Waals surface area contributed by atoms with Crippen LogP contribution in [-0.4, -0.2) is 42.3 Å². The first-order valence-corrected chi connectivity index (χ1v) is 11.4. The van der Waals surface area contributed by atoms with Crippen molar-refractivity contribution in [2.75, 3.05) is 25.0 Å². The van der Waals surface area contributed by atoms with Gasteiger partial charge in [-0.15, -0.1) is 0 Å². The van der Waals surface area contributed by atoms with Crippen molar-refractivity contribution >= 4 is 35.0 Å². The number of nitrogens with one attached hydrogen (secondary N) is 2. The molecule has 1 atom stereocenters. The fraction of sp³-hybridized carbons (Fsp3) is 0.400. The van der Waals surface area contributed by atoms with Gasteiger partial charge < -0.3 is 15.5 Å². The highest BCUT2D eigenvalue weighted by Gasteiger charge is 2.28. The van der Waals surface area contributed by atoms with E-state index in [0.717, 1.165) is 19.3 Å². The summed E-state index contributed by atoms with van der Waals surface area (Å²) in [6.07, 6.45) is 2.55. The highest BCUT2D eigenvalue weighted by atomic mass is 35.5. The number of halogens is 1. The largest absolute Gasteiger partial charge is 0.356 e. The molecule has 3 rings (SSSR count). The quantitative estimate of drug-likeness (QED) is 0.640. The number of likely N-dealkylation sites (tertiary alicyclic amines) is 1. The van der Waals surface area contributed by atoms with Gasteiger partial charge in [0.15, 0.2) is 0 Å². The second-order valence-corrected chi connectivity index (χ2v) is 9.04. The molecule has 7 heteroatoms. The number of anilines is 1. The molecule has 2 aromatic rings. The van der Waals surface area contributed by atoms with Crippen LogP contribution in [0.25, 0.3) is 0 Å². The van der Waals surface area contributed by atoms with Gasteiger partial charge in [0.25, 0.3) is 11.8 Å². The van der Waals surface area contributed by atoms with E-state index in [1.165, 1.54) is 0 Å². The van der Waals surface area contributed by atoms with Crippen LogP contribution >= 0.6 is 11.6 Å². The number of benzene rings is 2. The summed E-state index contributed by atoms with van der Waals surface area (Å²) >= 11 is 5.86. The summed E-state index contributed by atoms with van der Waals surface area (Å²) in [5, 5.41) is 6.38. The average Bonchev–Trinajstić information content (AvgIpc) is 2.79. The summed E-state index contributed by atoms with van der Waals surface area (Å²) < 4.78 is 0. The van der Waals surface area contributed by atoms with Gasteiger partial charge in [-0.05, 0) is 73.7 Å². The number of rotatable bonds is 7. The molecule has 3 amide bonds. The van der Waals surface area contributed by atoms with Crippen LogP contribution in [0.1, 0.15) is 53.8 Å². The molecule has 1 aliphatic rings. The maximum Gasteiger partial charge on any atom is 0.255 e. The van der Waals surface area contributed by atoms with E-state index in [1.54, 1.807) is 53.4 Å². The smallest absolute Gasteiger partial charge is 0.255 e. The standard InChI is InChI=1S/C25H30ClN3O3/c1-17(2)13-14-27-23(30)20-4-3-15-29(16-20)25(32)19-7-11-22(12-8-19)28-24(31)18-5-9-21(26)10-6-18/h5-12,17,20H,3-4,13-16H2,1-2H3,(H,27,30)(H,28,31)/t20-/m1/s1. The Hall–Kier alpha value is -2.86. The van der Waals surface area contributed by atoms with Gasteiger partial charge in [0, 0.05) is 41.5 Å². The lowest BCUT2D eigenvalue weighted by atomic mass is 9.96. The molecule has 0 unspecified atom stereocenters. The topological polar surface area (TPSA) is 78.5 Å². The van der Waals surface area contributed by atoms with Crippen LogP contribution in [0.2, 0.25) is 5.02 Å². The van der Waals surface area contributed by atoms with Crippen LogP contribution in [-0.2, 0) is 4.79 Å². The molecule has 1 aliphatic heterocycles. The van der Waals surface area contributed by atoms with Crippen molar-refractivity contribution in [2.45, 2.75) is 33.1 Å². The van der Waals surface area contributed by atoms with Crippen molar-refractivity contribution in [3.8, 4) is 0 Å². The van der Waals surface area contributed by atoms with Crippen molar-refractivity contribution in [1.29, 1.82) is 0 Å². The van der Waals surface area contributed by atoms with E-state index < -0.39 is 0 Å². The van der Waals surface area contributed by atoms with Crippen LogP contribution in [0, 0.1) is 11.8 Å². The summed E-state index contributed by atoms with van der Waals surface area (Å²) in [5.41, 5.74) is 1.64. The van der Waals surface area contributed by atoms with Gasteiger partial charge in [-0.25, -0.2) is 0 Å². The molecule has 0 radical (unpaired) electrons. The molecule has 6 nitrogen and oxygen atoms in total. The predicted octanol–water partition coefficient (Wildman–Crippen LogP) is 4.61. The van der Waals surface area contributed by atoms with E-state index in [9.17, 15) is 14.4 Å². The Kier molecular flexibility index (Phi) is 8.28. The van der Waals surface area contributed by atoms with Gasteiger partial charge in [-0.1, -0.05) is 25.4 Å². The Labute approximate surface area is 194 Å². The third kappa shape index (κ3) is 6.57. The maximum atomic E-state index is 13.0. The number of amides is 3. The Morgan fingerprint density at radius 3 is 2.34 bits per heavy atom. The van der Waals surface area contributed by atoms with Crippen LogP contribution in [0.3, 0.4) is 0 Å². The van der Waals surface area contributed by atoms with E-state index in [0.29, 0.717) is 47.4 Å². The molecule has 170 valence electrons. The van der Waals surface area contributed by atoms with Gasteiger partial charge >= 0.3 is 0 Å². The lowest BCUT2D eigenvalue weighted by molar-refractivity contribution is -0.126. The Balaban J connectivity index is 1.56. The van der Waals surface area contributed by atoms with E-state index in [2.05, 4.69) is 24.5 Å². The molecule has 0 spiro atoms. The van der Waals surface area contributed by atoms with Crippen molar-refractivity contribution in [3.05, 3.63) is 64.7 Å². The predicted molar refractivity (Wildman–Crippen MR) is 127 cm³/mol. The normalized spacial score (nSPS) is 16.0. The highest BCUT2D eigenvalue weighted by molar-refractivity contribution is 6.30. The SMILES string of the molecule is CC(C)CCNC(=O)[C@@H]1CCCN(C(=O)c2ccc(NC(=O)c3ccc(Cl)cc3)cc2)C1. The first-order valence-electron chi connectivity index (χ1n) is 11.1. The Bertz CT molecular complexity index is 942. The van der Waals surface area contributed by atoms with Gasteiger partial charge in [-0.2, -0.15) is 0 Å². The zero-order chi connectivity index (χ0) is 23.1. The van der Waals surface area contributed by atoms with Gasteiger partial charge in [0.2, 0.25) is 5.91 Å². The minimum atomic E-state index is -0.247. The third-order valence-electron chi connectivity index (χ3n) is 5.60. The van der Waals surface area contributed by atoms with Gasteiger partial charge in [-0.3, -0.25) is 14.4 Å². The minimum Gasteiger partial charge on any atom is -0.356 e. The lowest BCUT2D eigenvalue weighted by Gasteiger charge is -2.32. The van der Waals surface area contributed by atoms with E-state index in [-0.39, 0.29) is 23.6 Å². The van der Waals surface area contributed by atoms with E-state index in [1.807, 2.05) is 0 Å². The van der Waals surface area contributed by atoms with E-state index in [4.69, 9.17) is 11.6 Å². The second-order valence-electron chi connectivity index (χ2n) is 8.60. The van der Waals surface area contributed by atoms with E-state index >= 15 is 0 Å². The molecule has 0 aromatic heterocycles. The summed E-state index contributed by atoms with van der Waals surface area (Å²) in [7, 11) is 0. The molecule has 0 aliphatic carbocycles. The molecule has 1 saturated heterocycles. The molecule has 1 fully saturated rings. The Morgan fingerprint density at radius 2 is 1.69 bits per heavy atom. The molecule has 32 heavy (non-hydrogen) atoms. The maximum absolute atomic E-state index is 13.0. The van der Waals surface area contributed by atoms with Crippen molar-refractivity contribution in [2.24, 2.45) is 11.8 Å². The average molecular weight is 456 g/mol. The van der Waals surface area contributed by atoms with Crippen molar-refractivity contribution in [3.63, 3.8) is 0 Å². The molecule has 2 aromatic carbocycles. The lowest BCUT2D eigenvalue weighted by Crippen LogP contribution is -2.45. The van der Waals surface area contributed by atoms with Crippen LogP contribution < -0.4 is 10.6 Å². The van der Waals surface area contributed by atoms with Crippen LogP contribution in [0.15, 0.2) is 48.5 Å². The molecule has 2 N–H and O–H groups in total. The number of carbonyl (C=O) groups excluding carboxylic acids is 3. The summed E-state index contributed by atoms with van der Waals surface area (Å²) in [6, 6.07) is 13.5. The minimum absolute atomic E-state index is 0.0309. The van der Waals surface area contributed by atoms with Crippen molar-refractivity contribution < 1.29 is 14.4 Å². The molecule has 0 saturated carbocycles. The first kappa shape index (κ1) is 23.8. The first-order chi connectivity index (χ1) is 15.3. The van der Waals surface area contributed by atoms with Crippen molar-refractivity contribution in [1.82, 2.24) is 10.2 Å². The third-order valence-corrected chi connectivity index (χ3v) is 5.85. The fourth-order valence-corrected chi connectivity index (χ4v) is 3.81. The number of carbonyl (C=O) groups is 3. The highest BCUT2D eigenvalue weighted by Crippen LogP contribution is 2.20. The molecular weight excluding hydrogens is 426 g/mol. The van der Waals surface area contributed by atoms with Gasteiger partial charge in [0.1, 0.15) is 0 Å². The fourth-order valence-electron chi connectivity index (χ4n) is 3.69. The number of piperidine rings is 1. The number of hydrogen-bond acceptors (Lipinski definition) is 3. The zero-order valence-electron chi connectivity index (χ0n) is 18.6. The summed E-state index contributed by atoms with van der Waals surface area (Å²) in [4.78, 5) is 39.5. The summed E-state index contributed by atoms with van der Waals surface area (Å²) in [5.74, 6) is 0.0586. The zero-order valence-corrected chi connectivity index (χ0v) is 19.3. The summed E-state index contributed by atoms with van der Waals surface area (Å²) in [6.45, 7) is 6.00. The molecular formula is C25H30ClN3O3. The number of hydrogen-bond donors (Lipinski definition) is 2. The van der Waals surface area contributed by atoms with Crippen LogP contribution in [0.5, 0.6) is 0 Å².